The van der Waals surface area contributed by atoms with E-state index in [1.165, 1.54) is 0 Å². The van der Waals surface area contributed by atoms with Crippen molar-refractivity contribution in [1.29, 1.82) is 5.26 Å². The van der Waals surface area contributed by atoms with Crippen LogP contribution in [-0.2, 0) is 11.8 Å². The maximum absolute atomic E-state index is 12.7. The van der Waals surface area contributed by atoms with Crippen LogP contribution in [0.3, 0.4) is 0 Å². The molecule has 0 spiro atoms. The minimum absolute atomic E-state index is 0.0445. The van der Waals surface area contributed by atoms with Crippen molar-refractivity contribution in [2.75, 3.05) is 0 Å². The zero-order valence-corrected chi connectivity index (χ0v) is 9.13. The van der Waals surface area contributed by atoms with Gasteiger partial charge in [-0.3, -0.25) is 4.98 Å². The number of hydrogen-bond acceptors (Lipinski definition) is 3. The zero-order chi connectivity index (χ0) is 11.4. The highest BCUT2D eigenvalue weighted by atomic mass is 79.9. The van der Waals surface area contributed by atoms with Gasteiger partial charge < -0.3 is 5.11 Å². The Kier molecular flexibility index (Phi) is 3.97. The first-order valence-corrected chi connectivity index (χ1v) is 5.14. The van der Waals surface area contributed by atoms with E-state index in [-0.39, 0.29) is 34.3 Å². The third kappa shape index (κ3) is 2.42. The standard InChI is InChI=1S/C9H7BrF2N2O/c10-3-6-8(9(11)12)5(1-2-13)7(15)4-14-6/h4,9,15H,1,3H2. The fourth-order valence-corrected chi connectivity index (χ4v) is 1.67. The molecule has 0 amide bonds. The Morgan fingerprint density at radius 1 is 1.60 bits per heavy atom. The van der Waals surface area contributed by atoms with Crippen molar-refractivity contribution < 1.29 is 13.9 Å². The fraction of sp³-hybridized carbons (Fsp3) is 0.333. The van der Waals surface area contributed by atoms with Gasteiger partial charge in [-0.2, -0.15) is 5.26 Å². The molecule has 0 saturated heterocycles. The monoisotopic (exact) mass is 276 g/mol. The summed E-state index contributed by atoms with van der Waals surface area (Å²) in [5, 5.41) is 18.0. The number of pyridine rings is 1. The molecule has 15 heavy (non-hydrogen) atoms. The smallest absolute Gasteiger partial charge is 0.266 e. The molecule has 6 heteroatoms. The summed E-state index contributed by atoms with van der Waals surface area (Å²) in [5.41, 5.74) is -0.251. The van der Waals surface area contributed by atoms with Crippen molar-refractivity contribution in [2.24, 2.45) is 0 Å². The topological polar surface area (TPSA) is 56.9 Å². The molecule has 0 radical (unpaired) electrons. The Morgan fingerprint density at radius 3 is 2.73 bits per heavy atom. The molecule has 1 aromatic heterocycles. The lowest BCUT2D eigenvalue weighted by molar-refractivity contribution is 0.148. The van der Waals surface area contributed by atoms with Crippen LogP contribution in [0.5, 0.6) is 5.75 Å². The van der Waals surface area contributed by atoms with Gasteiger partial charge in [0.25, 0.3) is 6.43 Å². The van der Waals surface area contributed by atoms with Gasteiger partial charge in [-0.15, -0.1) is 0 Å². The number of halogens is 3. The van der Waals surface area contributed by atoms with Crippen molar-refractivity contribution in [3.63, 3.8) is 0 Å². The van der Waals surface area contributed by atoms with Crippen LogP contribution in [0, 0.1) is 11.3 Å². The minimum atomic E-state index is -2.75. The maximum Gasteiger partial charge on any atom is 0.266 e. The van der Waals surface area contributed by atoms with E-state index >= 15 is 0 Å². The second-order valence-electron chi connectivity index (χ2n) is 2.75. The summed E-state index contributed by atoms with van der Waals surface area (Å²) in [7, 11) is 0. The minimum Gasteiger partial charge on any atom is -0.506 e. The van der Waals surface area contributed by atoms with E-state index in [0.717, 1.165) is 6.20 Å². The first kappa shape index (κ1) is 11.9. The number of hydrogen-bond donors (Lipinski definition) is 1. The molecule has 80 valence electrons. The Bertz CT molecular complexity index is 404. The lowest BCUT2D eigenvalue weighted by atomic mass is 10.0. The van der Waals surface area contributed by atoms with Gasteiger partial charge in [0, 0.05) is 16.5 Å². The normalized spacial score (nSPS) is 10.3. The van der Waals surface area contributed by atoms with E-state index in [1.807, 2.05) is 0 Å². The summed E-state index contributed by atoms with van der Waals surface area (Å²) in [6.07, 6.45) is -1.93. The molecule has 0 atom stereocenters. The summed E-state index contributed by atoms with van der Waals surface area (Å²) >= 11 is 3.03. The van der Waals surface area contributed by atoms with Crippen LogP contribution in [0.4, 0.5) is 8.78 Å². The van der Waals surface area contributed by atoms with Crippen molar-refractivity contribution >= 4 is 15.9 Å². The van der Waals surface area contributed by atoms with E-state index in [4.69, 9.17) is 5.26 Å². The Hall–Kier alpha value is -1.22. The average molecular weight is 277 g/mol. The highest BCUT2D eigenvalue weighted by Crippen LogP contribution is 2.32. The molecule has 0 saturated carbocycles. The van der Waals surface area contributed by atoms with E-state index in [9.17, 15) is 13.9 Å². The average Bonchev–Trinajstić information content (AvgIpc) is 2.20. The molecule has 1 N–H and O–H groups in total. The van der Waals surface area contributed by atoms with Crippen LogP contribution >= 0.6 is 15.9 Å². The Balaban J connectivity index is 3.38. The molecule has 3 nitrogen and oxygen atoms in total. The number of nitrogens with zero attached hydrogens (tertiary/aromatic N) is 2. The number of rotatable bonds is 3. The number of alkyl halides is 3. The molecule has 0 fully saturated rings. The molecule has 0 aliphatic carbocycles. The van der Waals surface area contributed by atoms with Crippen LogP contribution in [0.1, 0.15) is 23.2 Å². The van der Waals surface area contributed by atoms with Gasteiger partial charge in [0.15, 0.2) is 0 Å². The molecule has 0 bridgehead atoms. The summed E-state index contributed by atoms with van der Waals surface area (Å²) in [6.45, 7) is 0. The Labute approximate surface area is 93.5 Å². The van der Waals surface area contributed by atoms with Crippen LogP contribution in [0.25, 0.3) is 0 Å². The van der Waals surface area contributed by atoms with Crippen molar-refractivity contribution in [1.82, 2.24) is 4.98 Å². The molecule has 0 unspecified atom stereocenters. The number of aromatic hydroxyl groups is 1. The maximum atomic E-state index is 12.7. The van der Waals surface area contributed by atoms with Gasteiger partial charge in [-0.25, -0.2) is 8.78 Å². The van der Waals surface area contributed by atoms with Gasteiger partial charge in [0.1, 0.15) is 5.75 Å². The molecule has 1 heterocycles. The molecular formula is C9H7BrF2N2O. The molecule has 1 rings (SSSR count). The van der Waals surface area contributed by atoms with Gasteiger partial charge in [0.05, 0.1) is 24.4 Å². The lowest BCUT2D eigenvalue weighted by Crippen LogP contribution is -2.02. The van der Waals surface area contributed by atoms with Crippen LogP contribution < -0.4 is 0 Å². The van der Waals surface area contributed by atoms with E-state index in [0.29, 0.717) is 0 Å². The summed E-state index contributed by atoms with van der Waals surface area (Å²) < 4.78 is 25.4. The number of aromatic nitrogens is 1. The highest BCUT2D eigenvalue weighted by Gasteiger charge is 2.21. The third-order valence-electron chi connectivity index (χ3n) is 1.89. The molecule has 0 aromatic carbocycles. The Morgan fingerprint density at radius 2 is 2.27 bits per heavy atom. The predicted octanol–water partition coefficient (Wildman–Crippen LogP) is 2.69. The van der Waals surface area contributed by atoms with Gasteiger partial charge in [-0.05, 0) is 0 Å². The van der Waals surface area contributed by atoms with Crippen molar-refractivity contribution in [2.45, 2.75) is 18.2 Å². The predicted molar refractivity (Wildman–Crippen MR) is 52.8 cm³/mol. The molecule has 0 aliphatic rings. The third-order valence-corrected chi connectivity index (χ3v) is 2.42. The van der Waals surface area contributed by atoms with E-state index in [1.54, 1.807) is 6.07 Å². The largest absolute Gasteiger partial charge is 0.506 e. The SMILES string of the molecule is N#CCc1c(O)cnc(CBr)c1C(F)F. The van der Waals surface area contributed by atoms with E-state index < -0.39 is 6.43 Å². The first-order valence-electron chi connectivity index (χ1n) is 4.02. The zero-order valence-electron chi connectivity index (χ0n) is 7.54. The van der Waals surface area contributed by atoms with E-state index in [2.05, 4.69) is 20.9 Å². The highest BCUT2D eigenvalue weighted by molar-refractivity contribution is 9.08. The first-order chi connectivity index (χ1) is 7.11. The fourth-order valence-electron chi connectivity index (χ4n) is 1.23. The van der Waals surface area contributed by atoms with Gasteiger partial charge in [0.2, 0.25) is 0 Å². The van der Waals surface area contributed by atoms with Crippen LogP contribution in [-0.4, -0.2) is 10.1 Å². The molecule has 0 aliphatic heterocycles. The molecular weight excluding hydrogens is 270 g/mol. The summed E-state index contributed by atoms with van der Waals surface area (Å²) in [4.78, 5) is 3.67. The lowest BCUT2D eigenvalue weighted by Gasteiger charge is -2.11. The quantitative estimate of drug-likeness (QED) is 0.864. The number of nitriles is 1. The second kappa shape index (κ2) is 5.03. The van der Waals surface area contributed by atoms with Crippen molar-refractivity contribution in [3.05, 3.63) is 23.0 Å². The van der Waals surface area contributed by atoms with Crippen LogP contribution in [0.15, 0.2) is 6.20 Å². The van der Waals surface area contributed by atoms with Crippen LogP contribution in [0.2, 0.25) is 0 Å². The summed E-state index contributed by atoms with van der Waals surface area (Å²) in [5.74, 6) is -0.364. The molecule has 1 aromatic rings. The summed E-state index contributed by atoms with van der Waals surface area (Å²) in [6, 6.07) is 1.73. The van der Waals surface area contributed by atoms with Crippen molar-refractivity contribution in [3.8, 4) is 11.8 Å². The van der Waals surface area contributed by atoms with Gasteiger partial charge in [-0.1, -0.05) is 15.9 Å². The van der Waals surface area contributed by atoms with Gasteiger partial charge >= 0.3 is 0 Å². The second-order valence-corrected chi connectivity index (χ2v) is 3.31.